The molecule has 0 radical (unpaired) electrons. The summed E-state index contributed by atoms with van der Waals surface area (Å²) in [7, 11) is 0. The largest absolute Gasteiger partial charge is 0.330 e. The molecule has 0 aliphatic rings. The van der Waals surface area contributed by atoms with E-state index < -0.39 is 0 Å². The Morgan fingerprint density at radius 3 is 2.50 bits per heavy atom. The van der Waals surface area contributed by atoms with Crippen LogP contribution in [0.25, 0.3) is 16.9 Å². The molecule has 0 atom stereocenters. The van der Waals surface area contributed by atoms with E-state index in [9.17, 15) is 0 Å². The van der Waals surface area contributed by atoms with Gasteiger partial charge in [0.15, 0.2) is 0 Å². The first kappa shape index (κ1) is 14.5. The Labute approximate surface area is 131 Å². The Bertz CT molecular complexity index is 773. The van der Waals surface area contributed by atoms with Crippen molar-refractivity contribution in [1.82, 2.24) is 9.78 Å². The van der Waals surface area contributed by atoms with E-state index in [1.807, 2.05) is 10.7 Å². The van der Waals surface area contributed by atoms with Crippen molar-refractivity contribution < 1.29 is 0 Å². The Hall–Kier alpha value is -2.39. The van der Waals surface area contributed by atoms with Crippen LogP contribution >= 0.6 is 0 Å². The zero-order chi connectivity index (χ0) is 15.5. The standard InChI is InChI=1S/C19H21N3/c1-14-8-9-15(2)18(12-14)22-19(13-17(21-22)10-11-20)16-6-4-3-5-7-16/h3-9,12-13H,10-11,20H2,1-2H3. The molecule has 0 bridgehead atoms. The van der Waals surface area contributed by atoms with Gasteiger partial charge in [0.1, 0.15) is 0 Å². The molecule has 112 valence electrons. The fourth-order valence-electron chi connectivity index (χ4n) is 2.65. The van der Waals surface area contributed by atoms with Gasteiger partial charge in [-0.25, -0.2) is 4.68 Å². The van der Waals surface area contributed by atoms with E-state index in [4.69, 9.17) is 10.8 Å². The zero-order valence-electron chi connectivity index (χ0n) is 13.1. The maximum absolute atomic E-state index is 5.70. The molecule has 2 aromatic carbocycles. The van der Waals surface area contributed by atoms with E-state index >= 15 is 0 Å². The monoisotopic (exact) mass is 291 g/mol. The van der Waals surface area contributed by atoms with E-state index in [1.165, 1.54) is 16.7 Å². The second-order valence-corrected chi connectivity index (χ2v) is 5.63. The lowest BCUT2D eigenvalue weighted by Crippen LogP contribution is -2.05. The fraction of sp³-hybridized carbons (Fsp3) is 0.211. The number of aromatic nitrogens is 2. The fourth-order valence-corrected chi connectivity index (χ4v) is 2.65. The average Bonchev–Trinajstić information content (AvgIpc) is 2.95. The van der Waals surface area contributed by atoms with Crippen LogP contribution in [0.4, 0.5) is 0 Å². The molecule has 0 unspecified atom stereocenters. The molecule has 3 nitrogen and oxygen atoms in total. The number of rotatable bonds is 4. The van der Waals surface area contributed by atoms with Crippen LogP contribution in [0.2, 0.25) is 0 Å². The van der Waals surface area contributed by atoms with Gasteiger partial charge in [0.05, 0.1) is 17.1 Å². The second kappa shape index (κ2) is 6.16. The topological polar surface area (TPSA) is 43.8 Å². The average molecular weight is 291 g/mol. The maximum Gasteiger partial charge on any atom is 0.0743 e. The van der Waals surface area contributed by atoms with E-state index in [0.29, 0.717) is 6.54 Å². The molecule has 3 heteroatoms. The minimum Gasteiger partial charge on any atom is -0.330 e. The molecule has 1 aromatic heterocycles. The van der Waals surface area contributed by atoms with Crippen LogP contribution in [-0.4, -0.2) is 16.3 Å². The van der Waals surface area contributed by atoms with Crippen molar-refractivity contribution in [3.05, 3.63) is 71.4 Å². The van der Waals surface area contributed by atoms with Gasteiger partial charge in [0, 0.05) is 12.0 Å². The summed E-state index contributed by atoms with van der Waals surface area (Å²) < 4.78 is 2.04. The summed E-state index contributed by atoms with van der Waals surface area (Å²) in [5.41, 5.74) is 12.6. The molecule has 0 aliphatic carbocycles. The van der Waals surface area contributed by atoms with Crippen molar-refractivity contribution >= 4 is 0 Å². The van der Waals surface area contributed by atoms with Crippen LogP contribution in [0.3, 0.4) is 0 Å². The van der Waals surface area contributed by atoms with Crippen molar-refractivity contribution in [3.8, 4) is 16.9 Å². The van der Waals surface area contributed by atoms with Crippen molar-refractivity contribution in [2.45, 2.75) is 20.3 Å². The van der Waals surface area contributed by atoms with Crippen LogP contribution in [0.5, 0.6) is 0 Å². The highest BCUT2D eigenvalue weighted by molar-refractivity contribution is 5.63. The Kier molecular flexibility index (Phi) is 4.07. The molecule has 22 heavy (non-hydrogen) atoms. The lowest BCUT2D eigenvalue weighted by molar-refractivity contribution is 0.821. The van der Waals surface area contributed by atoms with Gasteiger partial charge < -0.3 is 5.73 Å². The van der Waals surface area contributed by atoms with Crippen molar-refractivity contribution in [2.75, 3.05) is 6.54 Å². The van der Waals surface area contributed by atoms with Crippen LogP contribution in [0, 0.1) is 13.8 Å². The molecule has 0 fully saturated rings. The van der Waals surface area contributed by atoms with Gasteiger partial charge in [-0.3, -0.25) is 0 Å². The van der Waals surface area contributed by atoms with Gasteiger partial charge in [-0.15, -0.1) is 0 Å². The molecule has 0 saturated carbocycles. The third kappa shape index (κ3) is 2.81. The molecular weight excluding hydrogens is 270 g/mol. The van der Waals surface area contributed by atoms with Crippen LogP contribution in [0.15, 0.2) is 54.6 Å². The summed E-state index contributed by atoms with van der Waals surface area (Å²) in [6.07, 6.45) is 0.789. The predicted octanol–water partition coefficient (Wildman–Crippen LogP) is 3.66. The van der Waals surface area contributed by atoms with E-state index in [0.717, 1.165) is 23.5 Å². The maximum atomic E-state index is 5.70. The summed E-state index contributed by atoms with van der Waals surface area (Å²) in [6, 6.07) is 19.0. The summed E-state index contributed by atoms with van der Waals surface area (Å²) in [6.45, 7) is 4.83. The first-order valence-corrected chi connectivity index (χ1v) is 7.61. The summed E-state index contributed by atoms with van der Waals surface area (Å²) in [5, 5.41) is 4.79. The molecule has 0 saturated heterocycles. The number of hydrogen-bond acceptors (Lipinski definition) is 2. The van der Waals surface area contributed by atoms with Gasteiger partial charge >= 0.3 is 0 Å². The number of benzene rings is 2. The number of aryl methyl sites for hydroxylation is 2. The molecular formula is C19H21N3. The van der Waals surface area contributed by atoms with Gasteiger partial charge in [-0.2, -0.15) is 5.10 Å². The smallest absolute Gasteiger partial charge is 0.0743 e. The van der Waals surface area contributed by atoms with Gasteiger partial charge in [-0.05, 0) is 43.7 Å². The highest BCUT2D eigenvalue weighted by Gasteiger charge is 2.13. The molecule has 0 aliphatic heterocycles. The SMILES string of the molecule is Cc1ccc(C)c(-n2nc(CCN)cc2-c2ccccc2)c1. The predicted molar refractivity (Wildman–Crippen MR) is 91.2 cm³/mol. The third-order valence-corrected chi connectivity index (χ3v) is 3.82. The lowest BCUT2D eigenvalue weighted by atomic mass is 10.1. The highest BCUT2D eigenvalue weighted by Crippen LogP contribution is 2.26. The van der Waals surface area contributed by atoms with Crippen LogP contribution in [-0.2, 0) is 6.42 Å². The molecule has 1 heterocycles. The first-order chi connectivity index (χ1) is 10.7. The van der Waals surface area contributed by atoms with Crippen LogP contribution in [0.1, 0.15) is 16.8 Å². The Balaban J connectivity index is 2.19. The Morgan fingerprint density at radius 2 is 1.77 bits per heavy atom. The number of nitrogens with zero attached hydrogens (tertiary/aromatic N) is 2. The number of nitrogens with two attached hydrogens (primary N) is 1. The van der Waals surface area contributed by atoms with E-state index in [1.54, 1.807) is 0 Å². The molecule has 0 amide bonds. The molecule has 3 aromatic rings. The minimum absolute atomic E-state index is 0.609. The van der Waals surface area contributed by atoms with Gasteiger partial charge in [0.25, 0.3) is 0 Å². The van der Waals surface area contributed by atoms with E-state index in [2.05, 4.69) is 62.4 Å². The van der Waals surface area contributed by atoms with Crippen molar-refractivity contribution in [2.24, 2.45) is 5.73 Å². The van der Waals surface area contributed by atoms with Crippen molar-refractivity contribution in [1.29, 1.82) is 0 Å². The van der Waals surface area contributed by atoms with Gasteiger partial charge in [0.2, 0.25) is 0 Å². The number of hydrogen-bond donors (Lipinski definition) is 1. The van der Waals surface area contributed by atoms with E-state index in [-0.39, 0.29) is 0 Å². The quantitative estimate of drug-likeness (QED) is 0.797. The first-order valence-electron chi connectivity index (χ1n) is 7.61. The summed E-state index contributed by atoms with van der Waals surface area (Å²) in [4.78, 5) is 0. The van der Waals surface area contributed by atoms with Crippen LogP contribution < -0.4 is 5.73 Å². The van der Waals surface area contributed by atoms with Gasteiger partial charge in [-0.1, -0.05) is 42.5 Å². The normalized spacial score (nSPS) is 10.9. The summed E-state index contributed by atoms with van der Waals surface area (Å²) >= 11 is 0. The van der Waals surface area contributed by atoms with Crippen molar-refractivity contribution in [3.63, 3.8) is 0 Å². The second-order valence-electron chi connectivity index (χ2n) is 5.63. The molecule has 0 spiro atoms. The minimum atomic E-state index is 0.609. The highest BCUT2D eigenvalue weighted by atomic mass is 15.3. The summed E-state index contributed by atoms with van der Waals surface area (Å²) in [5.74, 6) is 0. The lowest BCUT2D eigenvalue weighted by Gasteiger charge is -2.11. The third-order valence-electron chi connectivity index (χ3n) is 3.82. The molecule has 3 rings (SSSR count). The molecule has 2 N–H and O–H groups in total. The zero-order valence-corrected chi connectivity index (χ0v) is 13.1. The Morgan fingerprint density at radius 1 is 1.00 bits per heavy atom.